The van der Waals surface area contributed by atoms with Crippen LogP contribution in [-0.4, -0.2) is 18.8 Å². The maximum absolute atomic E-state index is 5.71. The lowest BCUT2D eigenvalue weighted by Crippen LogP contribution is -2.23. The van der Waals surface area contributed by atoms with E-state index in [1.165, 1.54) is 57.8 Å². The summed E-state index contributed by atoms with van der Waals surface area (Å²) in [5, 5.41) is 0. The molecule has 0 aliphatic heterocycles. The van der Waals surface area contributed by atoms with Crippen molar-refractivity contribution < 1.29 is 4.74 Å². The van der Waals surface area contributed by atoms with Crippen LogP contribution in [0.2, 0.25) is 0 Å². The monoisotopic (exact) mass is 271 g/mol. The van der Waals surface area contributed by atoms with Crippen LogP contribution in [0.25, 0.3) is 0 Å². The molecule has 2 N–H and O–H groups in total. The van der Waals surface area contributed by atoms with Crippen molar-refractivity contribution in [2.45, 2.75) is 91.1 Å². The van der Waals surface area contributed by atoms with Crippen LogP contribution in [0, 0.1) is 5.92 Å². The molecule has 0 heterocycles. The van der Waals surface area contributed by atoms with E-state index < -0.39 is 0 Å². The molecule has 0 fully saturated rings. The molecule has 116 valence electrons. The van der Waals surface area contributed by atoms with E-state index in [1.807, 2.05) is 0 Å². The van der Waals surface area contributed by atoms with Crippen LogP contribution >= 0.6 is 0 Å². The Hall–Kier alpha value is -0.0800. The molecule has 0 saturated heterocycles. The Bertz CT molecular complexity index is 192. The molecule has 19 heavy (non-hydrogen) atoms. The number of hydrogen-bond acceptors (Lipinski definition) is 2. The second-order valence-electron chi connectivity index (χ2n) is 6.55. The molecule has 0 bridgehead atoms. The van der Waals surface area contributed by atoms with Gasteiger partial charge in [-0.15, -0.1) is 0 Å². The lowest BCUT2D eigenvalue weighted by atomic mass is 9.98. The summed E-state index contributed by atoms with van der Waals surface area (Å²) in [6.45, 7) is 10.4. The molecule has 0 aromatic heterocycles. The fourth-order valence-electron chi connectivity index (χ4n) is 2.51. The Balaban J connectivity index is 3.23. The van der Waals surface area contributed by atoms with E-state index in [1.54, 1.807) is 0 Å². The first-order valence-corrected chi connectivity index (χ1v) is 8.36. The summed E-state index contributed by atoms with van der Waals surface area (Å²) >= 11 is 0. The number of ether oxygens (including phenoxy) is 1. The van der Waals surface area contributed by atoms with Gasteiger partial charge in [0.2, 0.25) is 0 Å². The fraction of sp³-hybridized carbons (Fsp3) is 1.00. The predicted molar refractivity (Wildman–Crippen MR) is 85.5 cm³/mol. The van der Waals surface area contributed by atoms with Gasteiger partial charge < -0.3 is 10.5 Å². The van der Waals surface area contributed by atoms with Crippen LogP contribution in [0.4, 0.5) is 0 Å². The molecule has 0 amide bonds. The molecule has 0 aliphatic carbocycles. The fourth-order valence-corrected chi connectivity index (χ4v) is 2.51. The van der Waals surface area contributed by atoms with Crippen molar-refractivity contribution in [2.75, 3.05) is 13.2 Å². The van der Waals surface area contributed by atoms with Gasteiger partial charge in [0.05, 0.1) is 5.60 Å². The zero-order valence-corrected chi connectivity index (χ0v) is 13.8. The minimum atomic E-state index is 0.0765. The first-order chi connectivity index (χ1) is 9.02. The topological polar surface area (TPSA) is 35.2 Å². The highest BCUT2D eigenvalue weighted by Gasteiger charge is 2.16. The molecule has 1 atom stereocenters. The molecule has 0 rings (SSSR count). The third-order valence-corrected chi connectivity index (χ3v) is 3.91. The van der Waals surface area contributed by atoms with Gasteiger partial charge in [0.1, 0.15) is 0 Å². The van der Waals surface area contributed by atoms with Crippen molar-refractivity contribution in [2.24, 2.45) is 11.7 Å². The van der Waals surface area contributed by atoms with Crippen LogP contribution in [0.15, 0.2) is 0 Å². The summed E-state index contributed by atoms with van der Waals surface area (Å²) in [4.78, 5) is 0. The summed E-state index contributed by atoms with van der Waals surface area (Å²) in [6, 6.07) is 0. The van der Waals surface area contributed by atoms with Gasteiger partial charge in [0.15, 0.2) is 0 Å². The lowest BCUT2D eigenvalue weighted by molar-refractivity contribution is -0.0177. The minimum Gasteiger partial charge on any atom is -0.376 e. The van der Waals surface area contributed by atoms with E-state index in [4.69, 9.17) is 10.5 Å². The second kappa shape index (κ2) is 11.7. The highest BCUT2D eigenvalue weighted by Crippen LogP contribution is 2.19. The Labute approximate surface area is 121 Å². The predicted octanol–water partition coefficient (Wildman–Crippen LogP) is 4.91. The van der Waals surface area contributed by atoms with Crippen LogP contribution in [-0.2, 0) is 4.74 Å². The molecule has 0 spiro atoms. The van der Waals surface area contributed by atoms with E-state index in [0.717, 1.165) is 13.2 Å². The average Bonchev–Trinajstić information content (AvgIpc) is 2.36. The van der Waals surface area contributed by atoms with Gasteiger partial charge in [-0.3, -0.25) is 0 Å². The zero-order valence-electron chi connectivity index (χ0n) is 13.8. The van der Waals surface area contributed by atoms with Crippen molar-refractivity contribution in [1.82, 2.24) is 0 Å². The molecule has 2 heteroatoms. The van der Waals surface area contributed by atoms with Crippen molar-refractivity contribution in [3.8, 4) is 0 Å². The van der Waals surface area contributed by atoms with E-state index in [2.05, 4.69) is 27.7 Å². The summed E-state index contributed by atoms with van der Waals surface area (Å²) in [7, 11) is 0. The first kappa shape index (κ1) is 18.9. The summed E-state index contributed by atoms with van der Waals surface area (Å²) in [5.74, 6) is 0.709. The highest BCUT2D eigenvalue weighted by molar-refractivity contribution is 4.67. The van der Waals surface area contributed by atoms with Gasteiger partial charge in [0, 0.05) is 6.61 Å². The third kappa shape index (κ3) is 12.7. The maximum atomic E-state index is 5.71. The van der Waals surface area contributed by atoms with Crippen LogP contribution in [0.1, 0.15) is 85.5 Å². The van der Waals surface area contributed by atoms with E-state index >= 15 is 0 Å². The van der Waals surface area contributed by atoms with E-state index in [9.17, 15) is 0 Å². The van der Waals surface area contributed by atoms with E-state index in [-0.39, 0.29) is 5.60 Å². The number of unbranched alkanes of at least 4 members (excludes halogenated alkanes) is 6. The standard InChI is InChI=1S/C17H37NO/c1-5-19-17(3,4)14-12-10-8-6-7-9-11-13-16(2)15-18/h16H,5-15,18H2,1-4H3. The molecule has 1 unspecified atom stereocenters. The normalized spacial score (nSPS) is 13.7. The Morgan fingerprint density at radius 1 is 0.947 bits per heavy atom. The first-order valence-electron chi connectivity index (χ1n) is 8.36. The van der Waals surface area contributed by atoms with Crippen LogP contribution in [0.5, 0.6) is 0 Å². The Morgan fingerprint density at radius 3 is 2.00 bits per heavy atom. The highest BCUT2D eigenvalue weighted by atomic mass is 16.5. The van der Waals surface area contributed by atoms with Crippen molar-refractivity contribution >= 4 is 0 Å². The van der Waals surface area contributed by atoms with Gasteiger partial charge >= 0.3 is 0 Å². The average molecular weight is 271 g/mol. The molecule has 0 radical (unpaired) electrons. The Kier molecular flexibility index (Phi) is 11.7. The maximum Gasteiger partial charge on any atom is 0.0626 e. The van der Waals surface area contributed by atoms with Crippen LogP contribution < -0.4 is 5.73 Å². The van der Waals surface area contributed by atoms with Crippen molar-refractivity contribution in [3.05, 3.63) is 0 Å². The molecule has 0 aliphatic rings. The lowest BCUT2D eigenvalue weighted by Gasteiger charge is -2.24. The second-order valence-corrected chi connectivity index (χ2v) is 6.55. The van der Waals surface area contributed by atoms with Crippen molar-refractivity contribution in [3.63, 3.8) is 0 Å². The van der Waals surface area contributed by atoms with Crippen molar-refractivity contribution in [1.29, 1.82) is 0 Å². The largest absolute Gasteiger partial charge is 0.376 e. The molecular formula is C17H37NO. The SMILES string of the molecule is CCOC(C)(C)CCCCCCCCCC(C)CN. The summed E-state index contributed by atoms with van der Waals surface area (Å²) < 4.78 is 5.71. The van der Waals surface area contributed by atoms with Gasteiger partial charge in [-0.1, -0.05) is 51.9 Å². The minimum absolute atomic E-state index is 0.0765. The molecule has 2 nitrogen and oxygen atoms in total. The zero-order chi connectivity index (χ0) is 14.6. The summed E-state index contributed by atoms with van der Waals surface area (Å²) in [5.41, 5.74) is 5.69. The van der Waals surface area contributed by atoms with Gasteiger partial charge in [-0.05, 0) is 46.1 Å². The van der Waals surface area contributed by atoms with E-state index in [0.29, 0.717) is 5.92 Å². The van der Waals surface area contributed by atoms with Gasteiger partial charge in [-0.25, -0.2) is 0 Å². The smallest absolute Gasteiger partial charge is 0.0626 e. The molecular weight excluding hydrogens is 234 g/mol. The number of rotatable bonds is 13. The van der Waals surface area contributed by atoms with Gasteiger partial charge in [-0.2, -0.15) is 0 Å². The van der Waals surface area contributed by atoms with Gasteiger partial charge in [0.25, 0.3) is 0 Å². The third-order valence-electron chi connectivity index (χ3n) is 3.91. The quantitative estimate of drug-likeness (QED) is 0.483. The number of hydrogen-bond donors (Lipinski definition) is 1. The number of nitrogens with two attached hydrogens (primary N) is 1. The molecule has 0 saturated carbocycles. The summed E-state index contributed by atoms with van der Waals surface area (Å²) in [6.07, 6.45) is 12.1. The molecule has 0 aromatic carbocycles. The molecule has 0 aromatic rings. The van der Waals surface area contributed by atoms with Crippen LogP contribution in [0.3, 0.4) is 0 Å². The Morgan fingerprint density at radius 2 is 1.47 bits per heavy atom.